The summed E-state index contributed by atoms with van der Waals surface area (Å²) < 4.78 is 7.54. The first kappa shape index (κ1) is 23.2. The van der Waals surface area contributed by atoms with Crippen LogP contribution in [0.15, 0.2) is 34.4 Å². The number of hydrogen-bond acceptors (Lipinski definition) is 5. The fourth-order valence-electron chi connectivity index (χ4n) is 4.37. The number of ether oxygens (including phenoxy) is 1. The highest BCUT2D eigenvalue weighted by atomic mass is 79.9. The van der Waals surface area contributed by atoms with E-state index in [0.29, 0.717) is 18.7 Å². The fourth-order valence-corrected chi connectivity index (χ4v) is 4.73. The van der Waals surface area contributed by atoms with Gasteiger partial charge in [-0.25, -0.2) is 4.79 Å². The molecule has 0 spiro atoms. The first-order valence-electron chi connectivity index (χ1n) is 10.8. The average molecular weight is 517 g/mol. The molecular weight excluding hydrogens is 492 g/mol. The lowest BCUT2D eigenvalue weighted by atomic mass is 10.0. The van der Waals surface area contributed by atoms with Crippen LogP contribution in [0, 0.1) is 0 Å². The maximum absolute atomic E-state index is 13.2. The number of barbiturate groups is 1. The van der Waals surface area contributed by atoms with Crippen molar-refractivity contribution < 1.29 is 23.9 Å². The van der Waals surface area contributed by atoms with Crippen LogP contribution in [0.25, 0.3) is 17.0 Å². The van der Waals surface area contributed by atoms with Gasteiger partial charge >= 0.3 is 6.03 Å². The van der Waals surface area contributed by atoms with Crippen molar-refractivity contribution in [3.05, 3.63) is 40.0 Å². The molecule has 5 amide bonds. The zero-order valence-electron chi connectivity index (χ0n) is 18.2. The number of methoxy groups -OCH3 is 1. The van der Waals surface area contributed by atoms with Crippen LogP contribution in [0.5, 0.6) is 0 Å². The van der Waals surface area contributed by atoms with E-state index < -0.39 is 17.8 Å². The number of nitrogens with zero attached hydrogens (tertiary/aromatic N) is 2. The van der Waals surface area contributed by atoms with Gasteiger partial charge in [0.1, 0.15) is 12.1 Å². The Balaban J connectivity index is 1.68. The first-order valence-corrected chi connectivity index (χ1v) is 11.6. The number of carbonyl (C=O) groups is 4. The number of nitrogens with one attached hydrogen (secondary N) is 2. The summed E-state index contributed by atoms with van der Waals surface area (Å²) in [4.78, 5) is 51.6. The zero-order chi connectivity index (χ0) is 23.5. The van der Waals surface area contributed by atoms with Crippen LogP contribution in [-0.2, 0) is 25.7 Å². The zero-order valence-corrected chi connectivity index (χ0v) is 19.8. The summed E-state index contributed by atoms with van der Waals surface area (Å²) in [5.41, 5.74) is 1.29. The molecule has 4 rings (SSSR count). The Bertz CT molecular complexity index is 1150. The van der Waals surface area contributed by atoms with Gasteiger partial charge in [0, 0.05) is 46.8 Å². The van der Waals surface area contributed by atoms with Gasteiger partial charge in [-0.1, -0.05) is 28.8 Å². The Morgan fingerprint density at radius 3 is 2.76 bits per heavy atom. The molecule has 0 radical (unpaired) electrons. The molecule has 0 atom stereocenters. The number of benzene rings is 1. The fraction of sp³-hybridized carbons (Fsp3) is 0.391. The number of imide groups is 2. The van der Waals surface area contributed by atoms with Gasteiger partial charge in [-0.3, -0.25) is 24.6 Å². The van der Waals surface area contributed by atoms with E-state index in [9.17, 15) is 19.2 Å². The molecule has 1 saturated carbocycles. The third-order valence-corrected chi connectivity index (χ3v) is 6.43. The van der Waals surface area contributed by atoms with E-state index in [1.807, 2.05) is 18.2 Å². The summed E-state index contributed by atoms with van der Waals surface area (Å²) >= 11 is 3.46. The largest absolute Gasteiger partial charge is 0.383 e. The average Bonchev–Trinajstić information content (AvgIpc) is 3.40. The van der Waals surface area contributed by atoms with Crippen LogP contribution < -0.4 is 10.6 Å². The first-order chi connectivity index (χ1) is 15.9. The molecule has 2 aliphatic rings. The van der Waals surface area contributed by atoms with Crippen molar-refractivity contribution in [1.29, 1.82) is 0 Å². The topological polar surface area (TPSA) is 110 Å². The summed E-state index contributed by atoms with van der Waals surface area (Å²) in [6.07, 6.45) is 6.61. The lowest BCUT2D eigenvalue weighted by Crippen LogP contribution is -2.57. The predicted octanol–water partition coefficient (Wildman–Crippen LogP) is 2.57. The van der Waals surface area contributed by atoms with E-state index >= 15 is 0 Å². The summed E-state index contributed by atoms with van der Waals surface area (Å²) in [7, 11) is 1.56. The molecule has 2 aromatic rings. The third kappa shape index (κ3) is 4.86. The highest BCUT2D eigenvalue weighted by Crippen LogP contribution is 2.30. The minimum absolute atomic E-state index is 0.0673. The standard InChI is InChI=1S/C23H25BrN4O5/c1-33-9-8-25-20(29)13-27-12-14(17-11-15(24)6-7-19(17)27)10-18-21(30)26-23(32)28(22(18)31)16-4-2-3-5-16/h6-7,10-12,16H,2-5,8-9,13H2,1H3,(H,25,29)(H,26,30,32)/b18-10-. The second kappa shape index (κ2) is 9.88. The molecule has 1 aromatic carbocycles. The third-order valence-electron chi connectivity index (χ3n) is 5.94. The van der Waals surface area contributed by atoms with Gasteiger partial charge in [-0.2, -0.15) is 0 Å². The molecule has 174 valence electrons. The Hall–Kier alpha value is -2.98. The predicted molar refractivity (Wildman–Crippen MR) is 125 cm³/mol. The minimum atomic E-state index is -0.715. The number of fused-ring (bicyclic) bond motifs is 1. The molecular formula is C23H25BrN4O5. The smallest absolute Gasteiger partial charge is 0.331 e. The van der Waals surface area contributed by atoms with Crippen LogP contribution in [-0.4, -0.2) is 59.5 Å². The maximum atomic E-state index is 13.2. The molecule has 1 aliphatic carbocycles. The van der Waals surface area contributed by atoms with E-state index in [-0.39, 0.29) is 24.1 Å². The van der Waals surface area contributed by atoms with Crippen molar-refractivity contribution in [3.8, 4) is 0 Å². The Kier molecular flexibility index (Phi) is 6.94. The van der Waals surface area contributed by atoms with E-state index in [2.05, 4.69) is 26.6 Å². The molecule has 2 heterocycles. The van der Waals surface area contributed by atoms with E-state index in [1.165, 1.54) is 11.0 Å². The Labute approximate surface area is 199 Å². The molecule has 10 heteroatoms. The van der Waals surface area contributed by atoms with Crippen LogP contribution in [0.4, 0.5) is 4.79 Å². The number of amides is 5. The highest BCUT2D eigenvalue weighted by Gasteiger charge is 2.40. The van der Waals surface area contributed by atoms with Crippen molar-refractivity contribution in [2.75, 3.05) is 20.3 Å². The molecule has 9 nitrogen and oxygen atoms in total. The second-order valence-electron chi connectivity index (χ2n) is 8.15. The molecule has 1 aromatic heterocycles. The van der Waals surface area contributed by atoms with Crippen LogP contribution >= 0.6 is 15.9 Å². The molecule has 0 bridgehead atoms. The quantitative estimate of drug-likeness (QED) is 0.334. The summed E-state index contributed by atoms with van der Waals surface area (Å²) in [6.45, 7) is 0.879. The number of urea groups is 1. The summed E-state index contributed by atoms with van der Waals surface area (Å²) in [6, 6.07) is 4.73. The van der Waals surface area contributed by atoms with Crippen molar-refractivity contribution in [3.63, 3.8) is 0 Å². The minimum Gasteiger partial charge on any atom is -0.383 e. The molecule has 2 fully saturated rings. The van der Waals surface area contributed by atoms with E-state index in [0.717, 1.165) is 41.1 Å². The van der Waals surface area contributed by atoms with Crippen LogP contribution in [0.3, 0.4) is 0 Å². The van der Waals surface area contributed by atoms with Crippen LogP contribution in [0.2, 0.25) is 0 Å². The molecule has 1 saturated heterocycles. The summed E-state index contributed by atoms with van der Waals surface area (Å²) in [5.74, 6) is -1.48. The molecule has 1 aliphatic heterocycles. The van der Waals surface area contributed by atoms with Crippen molar-refractivity contribution in [2.45, 2.75) is 38.3 Å². The van der Waals surface area contributed by atoms with Crippen molar-refractivity contribution in [2.24, 2.45) is 0 Å². The van der Waals surface area contributed by atoms with Gasteiger partial charge in [0.2, 0.25) is 5.91 Å². The number of halogens is 1. The normalized spacial score (nSPS) is 18.4. The van der Waals surface area contributed by atoms with Crippen molar-refractivity contribution in [1.82, 2.24) is 20.1 Å². The molecule has 0 unspecified atom stereocenters. The van der Waals surface area contributed by atoms with E-state index in [1.54, 1.807) is 17.9 Å². The monoisotopic (exact) mass is 516 g/mol. The van der Waals surface area contributed by atoms with Gasteiger partial charge in [0.15, 0.2) is 0 Å². The number of rotatable bonds is 7. The van der Waals surface area contributed by atoms with Crippen LogP contribution in [0.1, 0.15) is 31.2 Å². The maximum Gasteiger partial charge on any atom is 0.331 e. The Morgan fingerprint density at radius 2 is 2.03 bits per heavy atom. The van der Waals surface area contributed by atoms with E-state index in [4.69, 9.17) is 4.74 Å². The lowest BCUT2D eigenvalue weighted by Gasteiger charge is -2.31. The van der Waals surface area contributed by atoms with Gasteiger partial charge in [-0.15, -0.1) is 0 Å². The van der Waals surface area contributed by atoms with Crippen molar-refractivity contribution >= 4 is 56.7 Å². The van der Waals surface area contributed by atoms with Gasteiger partial charge < -0.3 is 14.6 Å². The highest BCUT2D eigenvalue weighted by molar-refractivity contribution is 9.10. The number of carbonyl (C=O) groups excluding carboxylic acids is 4. The molecule has 2 N–H and O–H groups in total. The summed E-state index contributed by atoms with van der Waals surface area (Å²) in [5, 5.41) is 5.85. The number of hydrogen-bond donors (Lipinski definition) is 2. The van der Waals surface area contributed by atoms with Gasteiger partial charge in [-0.05, 0) is 37.1 Å². The van der Waals surface area contributed by atoms with Gasteiger partial charge in [0.25, 0.3) is 11.8 Å². The molecule has 33 heavy (non-hydrogen) atoms. The van der Waals surface area contributed by atoms with Gasteiger partial charge in [0.05, 0.1) is 6.61 Å². The number of aromatic nitrogens is 1. The SMILES string of the molecule is COCCNC(=O)Cn1cc(/C=C2/C(=O)NC(=O)N(C3CCCC3)C2=O)c2cc(Br)ccc21. The lowest BCUT2D eigenvalue weighted by molar-refractivity contribution is -0.131. The Morgan fingerprint density at radius 1 is 1.27 bits per heavy atom. The second-order valence-corrected chi connectivity index (χ2v) is 9.06.